The predicted molar refractivity (Wildman–Crippen MR) is 91.3 cm³/mol. The Kier molecular flexibility index (Phi) is 6.09. The predicted octanol–water partition coefficient (Wildman–Crippen LogP) is 2.91. The number of ether oxygens (including phenoxy) is 1. The first kappa shape index (κ1) is 18.1. The van der Waals surface area contributed by atoms with Gasteiger partial charge in [0.15, 0.2) is 5.60 Å². The molecule has 5 heteroatoms. The van der Waals surface area contributed by atoms with Crippen molar-refractivity contribution in [1.82, 2.24) is 5.48 Å². The molecule has 0 fully saturated rings. The van der Waals surface area contributed by atoms with Crippen LogP contribution >= 0.6 is 0 Å². The van der Waals surface area contributed by atoms with Crippen molar-refractivity contribution in [3.8, 4) is 11.1 Å². The number of aliphatic hydroxyl groups is 1. The molecule has 0 bridgehead atoms. The first-order chi connectivity index (χ1) is 11.5. The van der Waals surface area contributed by atoms with Crippen LogP contribution in [0.5, 0.6) is 0 Å². The van der Waals surface area contributed by atoms with Crippen LogP contribution in [0.4, 0.5) is 0 Å². The summed E-state index contributed by atoms with van der Waals surface area (Å²) >= 11 is 0. The van der Waals surface area contributed by atoms with E-state index in [-0.39, 0.29) is 6.61 Å². The third kappa shape index (κ3) is 4.00. The second-order valence-electron chi connectivity index (χ2n) is 5.82. The molecule has 0 radical (unpaired) electrons. The minimum absolute atomic E-state index is 0.149. The molecule has 0 aliphatic rings. The average molecular weight is 329 g/mol. The van der Waals surface area contributed by atoms with E-state index < -0.39 is 17.6 Å². The summed E-state index contributed by atoms with van der Waals surface area (Å²) in [4.78, 5) is 11.8. The number of hydroxylamine groups is 1. The second kappa shape index (κ2) is 8.06. The SMILES string of the molecule is CC[C@@H](O)[C@](C)(OCc1ccc(-c2ccccc2)cc1)C(=O)NO. The number of carbonyl (C=O) groups excluding carboxylic acids is 1. The lowest BCUT2D eigenvalue weighted by Crippen LogP contribution is -2.53. The van der Waals surface area contributed by atoms with Crippen molar-refractivity contribution < 1.29 is 19.8 Å². The molecular formula is C19H23NO4. The van der Waals surface area contributed by atoms with E-state index in [0.717, 1.165) is 16.7 Å². The van der Waals surface area contributed by atoms with Crippen LogP contribution in [0.15, 0.2) is 54.6 Å². The van der Waals surface area contributed by atoms with Crippen LogP contribution in [-0.4, -0.2) is 27.9 Å². The summed E-state index contributed by atoms with van der Waals surface area (Å²) in [6.07, 6.45) is -0.690. The Morgan fingerprint density at radius 1 is 1.12 bits per heavy atom. The molecule has 0 spiro atoms. The first-order valence-electron chi connectivity index (χ1n) is 7.92. The fraction of sp³-hybridized carbons (Fsp3) is 0.316. The Balaban J connectivity index is 2.09. The third-order valence-electron chi connectivity index (χ3n) is 4.17. The topological polar surface area (TPSA) is 78.8 Å². The maximum atomic E-state index is 11.8. The van der Waals surface area contributed by atoms with Crippen molar-refractivity contribution in [2.75, 3.05) is 0 Å². The summed E-state index contributed by atoms with van der Waals surface area (Å²) < 4.78 is 5.64. The van der Waals surface area contributed by atoms with E-state index in [0.29, 0.717) is 6.42 Å². The number of amides is 1. The van der Waals surface area contributed by atoms with Crippen molar-refractivity contribution in [2.24, 2.45) is 0 Å². The molecule has 24 heavy (non-hydrogen) atoms. The normalized spacial score (nSPS) is 14.7. The van der Waals surface area contributed by atoms with Gasteiger partial charge in [-0.15, -0.1) is 0 Å². The van der Waals surface area contributed by atoms with Gasteiger partial charge in [-0.25, -0.2) is 5.48 Å². The van der Waals surface area contributed by atoms with Crippen LogP contribution in [0.1, 0.15) is 25.8 Å². The molecular weight excluding hydrogens is 306 g/mol. The molecule has 0 heterocycles. The number of benzene rings is 2. The van der Waals surface area contributed by atoms with Gasteiger partial charge in [-0.2, -0.15) is 0 Å². The summed E-state index contributed by atoms with van der Waals surface area (Å²) in [5.41, 5.74) is 3.13. The molecule has 0 saturated carbocycles. The minimum Gasteiger partial charge on any atom is -0.390 e. The molecule has 0 saturated heterocycles. The van der Waals surface area contributed by atoms with Gasteiger partial charge in [0.1, 0.15) is 0 Å². The molecule has 0 aromatic heterocycles. The molecule has 5 nitrogen and oxygen atoms in total. The van der Waals surface area contributed by atoms with Gasteiger partial charge in [-0.3, -0.25) is 10.0 Å². The Labute approximate surface area is 141 Å². The quantitative estimate of drug-likeness (QED) is 0.539. The Morgan fingerprint density at radius 2 is 1.71 bits per heavy atom. The van der Waals surface area contributed by atoms with Gasteiger partial charge < -0.3 is 9.84 Å². The minimum atomic E-state index is -1.51. The van der Waals surface area contributed by atoms with E-state index in [2.05, 4.69) is 0 Å². The van der Waals surface area contributed by atoms with Crippen LogP contribution in [0.25, 0.3) is 11.1 Å². The van der Waals surface area contributed by atoms with Crippen molar-refractivity contribution in [2.45, 2.75) is 38.6 Å². The highest BCUT2D eigenvalue weighted by Crippen LogP contribution is 2.23. The van der Waals surface area contributed by atoms with Crippen LogP contribution in [0.2, 0.25) is 0 Å². The lowest BCUT2D eigenvalue weighted by atomic mass is 9.95. The zero-order chi connectivity index (χ0) is 17.6. The standard InChI is InChI=1S/C19H23NO4/c1-3-17(21)19(2,18(22)20-23)24-13-14-9-11-16(12-10-14)15-7-5-4-6-8-15/h4-12,17,21,23H,3,13H2,1-2H3,(H,20,22)/t17-,19+/m1/s1. The maximum Gasteiger partial charge on any atom is 0.277 e. The highest BCUT2D eigenvalue weighted by atomic mass is 16.5. The molecule has 2 atom stereocenters. The smallest absolute Gasteiger partial charge is 0.277 e. The van der Waals surface area contributed by atoms with Gasteiger partial charge in [-0.05, 0) is 30.0 Å². The lowest BCUT2D eigenvalue weighted by Gasteiger charge is -2.31. The number of aliphatic hydroxyl groups excluding tert-OH is 1. The van der Waals surface area contributed by atoms with Crippen molar-refractivity contribution in [3.05, 3.63) is 60.2 Å². The van der Waals surface area contributed by atoms with E-state index in [9.17, 15) is 9.90 Å². The Morgan fingerprint density at radius 3 is 2.25 bits per heavy atom. The van der Waals surface area contributed by atoms with Gasteiger partial charge in [0.25, 0.3) is 5.91 Å². The fourth-order valence-electron chi connectivity index (χ4n) is 2.47. The number of rotatable bonds is 7. The van der Waals surface area contributed by atoms with E-state index in [1.807, 2.05) is 54.6 Å². The van der Waals surface area contributed by atoms with Crippen molar-refractivity contribution >= 4 is 5.91 Å². The van der Waals surface area contributed by atoms with Gasteiger partial charge in [0.05, 0.1) is 12.7 Å². The summed E-state index contributed by atoms with van der Waals surface area (Å²) in [5.74, 6) is -0.766. The Bertz CT molecular complexity index is 657. The van der Waals surface area contributed by atoms with Crippen molar-refractivity contribution in [3.63, 3.8) is 0 Å². The zero-order valence-corrected chi connectivity index (χ0v) is 13.9. The lowest BCUT2D eigenvalue weighted by molar-refractivity contribution is -0.172. The molecule has 0 aliphatic carbocycles. The molecule has 2 rings (SSSR count). The van der Waals surface area contributed by atoms with E-state index in [4.69, 9.17) is 9.94 Å². The van der Waals surface area contributed by atoms with Gasteiger partial charge in [0, 0.05) is 0 Å². The highest BCUT2D eigenvalue weighted by Gasteiger charge is 2.41. The monoisotopic (exact) mass is 329 g/mol. The molecule has 0 unspecified atom stereocenters. The van der Waals surface area contributed by atoms with Gasteiger partial charge in [0.2, 0.25) is 0 Å². The molecule has 1 amide bonds. The van der Waals surface area contributed by atoms with E-state index >= 15 is 0 Å². The number of carbonyl (C=O) groups is 1. The van der Waals surface area contributed by atoms with Gasteiger partial charge >= 0.3 is 0 Å². The van der Waals surface area contributed by atoms with E-state index in [1.165, 1.54) is 6.92 Å². The second-order valence-corrected chi connectivity index (χ2v) is 5.82. The molecule has 3 N–H and O–H groups in total. The molecule has 128 valence electrons. The largest absolute Gasteiger partial charge is 0.390 e. The number of hydrogen-bond donors (Lipinski definition) is 3. The number of nitrogens with one attached hydrogen (secondary N) is 1. The van der Waals surface area contributed by atoms with E-state index in [1.54, 1.807) is 12.4 Å². The van der Waals surface area contributed by atoms with Crippen LogP contribution in [-0.2, 0) is 16.1 Å². The third-order valence-corrected chi connectivity index (χ3v) is 4.17. The summed E-state index contributed by atoms with van der Waals surface area (Å²) in [7, 11) is 0. The average Bonchev–Trinajstić information content (AvgIpc) is 2.65. The summed E-state index contributed by atoms with van der Waals surface area (Å²) in [5, 5.41) is 18.9. The zero-order valence-electron chi connectivity index (χ0n) is 13.9. The summed E-state index contributed by atoms with van der Waals surface area (Å²) in [6.45, 7) is 3.35. The fourth-order valence-corrected chi connectivity index (χ4v) is 2.47. The van der Waals surface area contributed by atoms with Gasteiger partial charge in [-0.1, -0.05) is 61.5 Å². The Hall–Kier alpha value is -2.21. The van der Waals surface area contributed by atoms with Crippen LogP contribution < -0.4 is 5.48 Å². The van der Waals surface area contributed by atoms with Crippen molar-refractivity contribution in [1.29, 1.82) is 0 Å². The van der Waals surface area contributed by atoms with Crippen LogP contribution in [0, 0.1) is 0 Å². The van der Waals surface area contributed by atoms with Crippen LogP contribution in [0.3, 0.4) is 0 Å². The number of hydrogen-bond acceptors (Lipinski definition) is 4. The highest BCUT2D eigenvalue weighted by molar-refractivity contribution is 5.84. The molecule has 0 aliphatic heterocycles. The maximum absolute atomic E-state index is 11.8. The molecule has 2 aromatic rings. The summed E-state index contributed by atoms with van der Waals surface area (Å²) in [6, 6.07) is 17.8. The molecule has 2 aromatic carbocycles. The first-order valence-corrected chi connectivity index (χ1v) is 7.92.